The summed E-state index contributed by atoms with van der Waals surface area (Å²) in [5, 5.41) is 1.07. The molecule has 0 aliphatic carbocycles. The summed E-state index contributed by atoms with van der Waals surface area (Å²) < 4.78 is 0.838. The van der Waals surface area contributed by atoms with Crippen molar-refractivity contribution in [1.82, 2.24) is 15.0 Å². The molecule has 0 saturated carbocycles. The number of rotatable bonds is 1. The third-order valence-corrected chi connectivity index (χ3v) is 3.35. The summed E-state index contributed by atoms with van der Waals surface area (Å²) in [4.78, 5) is 23.3. The number of halogens is 2. The number of nitrogens with one attached hydrogen (secondary N) is 1. The van der Waals surface area contributed by atoms with Crippen LogP contribution in [0.4, 0.5) is 0 Å². The van der Waals surface area contributed by atoms with E-state index in [1.54, 1.807) is 24.3 Å². The maximum Gasteiger partial charge on any atom is 0.259 e. The molecule has 0 radical (unpaired) electrons. The van der Waals surface area contributed by atoms with Gasteiger partial charge in [-0.05, 0) is 30.3 Å². The second-order valence-corrected chi connectivity index (χ2v) is 5.29. The molecule has 0 aliphatic rings. The van der Waals surface area contributed by atoms with Crippen LogP contribution in [0.3, 0.4) is 0 Å². The van der Waals surface area contributed by atoms with Crippen LogP contribution < -0.4 is 5.56 Å². The molecule has 0 amide bonds. The number of benzene rings is 1. The lowest BCUT2D eigenvalue weighted by atomic mass is 10.2. The Labute approximate surface area is 121 Å². The summed E-state index contributed by atoms with van der Waals surface area (Å²) in [6, 6.07) is 8.78. The van der Waals surface area contributed by atoms with Gasteiger partial charge < -0.3 is 4.98 Å². The normalized spacial score (nSPS) is 10.8. The topological polar surface area (TPSA) is 58.6 Å². The fourth-order valence-corrected chi connectivity index (χ4v) is 2.22. The Kier molecular flexibility index (Phi) is 3.08. The van der Waals surface area contributed by atoms with Crippen LogP contribution in [0.25, 0.3) is 22.4 Å². The maximum absolute atomic E-state index is 12.0. The van der Waals surface area contributed by atoms with Crippen molar-refractivity contribution in [1.29, 1.82) is 0 Å². The van der Waals surface area contributed by atoms with Gasteiger partial charge >= 0.3 is 0 Å². The molecule has 0 unspecified atom stereocenters. The number of aromatic amines is 1. The number of aromatic nitrogens is 3. The minimum atomic E-state index is -0.196. The summed E-state index contributed by atoms with van der Waals surface area (Å²) in [6.45, 7) is 0. The monoisotopic (exact) mass is 335 g/mol. The second-order valence-electron chi connectivity index (χ2n) is 3.94. The van der Waals surface area contributed by atoms with E-state index in [1.165, 1.54) is 6.20 Å². The van der Waals surface area contributed by atoms with Crippen LogP contribution in [-0.4, -0.2) is 15.0 Å². The molecule has 94 valence electrons. The third-order valence-electron chi connectivity index (χ3n) is 2.64. The Morgan fingerprint density at radius 2 is 2.05 bits per heavy atom. The van der Waals surface area contributed by atoms with E-state index >= 15 is 0 Å². The van der Waals surface area contributed by atoms with Gasteiger partial charge in [-0.25, -0.2) is 4.98 Å². The predicted octanol–water partition coefficient (Wildman–Crippen LogP) is 3.40. The fraction of sp³-hybridized carbons (Fsp3) is 0. The quantitative estimate of drug-likeness (QED) is 0.741. The molecule has 19 heavy (non-hydrogen) atoms. The summed E-state index contributed by atoms with van der Waals surface area (Å²) in [5.41, 5.74) is 1.00. The van der Waals surface area contributed by atoms with Gasteiger partial charge in [-0.15, -0.1) is 0 Å². The molecular weight excluding hydrogens is 330 g/mol. The molecule has 0 spiro atoms. The highest BCUT2D eigenvalue weighted by atomic mass is 79.9. The first-order valence-electron chi connectivity index (χ1n) is 5.45. The molecule has 0 saturated heterocycles. The van der Waals surface area contributed by atoms with Crippen LogP contribution in [0.1, 0.15) is 0 Å². The molecule has 0 atom stereocenters. The Bertz CT molecular complexity index is 814. The largest absolute Gasteiger partial charge is 0.305 e. The molecule has 4 nitrogen and oxygen atoms in total. The van der Waals surface area contributed by atoms with Crippen molar-refractivity contribution in [2.45, 2.75) is 0 Å². The van der Waals surface area contributed by atoms with Gasteiger partial charge in [-0.2, -0.15) is 0 Å². The summed E-state index contributed by atoms with van der Waals surface area (Å²) in [5.74, 6) is 0.427. The fourth-order valence-electron chi connectivity index (χ4n) is 1.75. The van der Waals surface area contributed by atoms with Crippen LogP contribution >= 0.6 is 27.5 Å². The van der Waals surface area contributed by atoms with Crippen molar-refractivity contribution < 1.29 is 0 Å². The zero-order valence-corrected chi connectivity index (χ0v) is 11.9. The lowest BCUT2D eigenvalue weighted by molar-refractivity contribution is 1.14. The van der Waals surface area contributed by atoms with Gasteiger partial charge in [0.2, 0.25) is 0 Å². The second kappa shape index (κ2) is 4.75. The lowest BCUT2D eigenvalue weighted by Gasteiger charge is -2.03. The highest BCUT2D eigenvalue weighted by Crippen LogP contribution is 2.18. The zero-order valence-electron chi connectivity index (χ0n) is 9.52. The highest BCUT2D eigenvalue weighted by molar-refractivity contribution is 9.10. The molecule has 0 fully saturated rings. The van der Waals surface area contributed by atoms with Crippen molar-refractivity contribution in [2.24, 2.45) is 0 Å². The first kappa shape index (κ1) is 12.3. The van der Waals surface area contributed by atoms with Crippen LogP contribution in [0, 0.1) is 0 Å². The molecule has 6 heteroatoms. The van der Waals surface area contributed by atoms with E-state index in [0.717, 1.165) is 4.47 Å². The van der Waals surface area contributed by atoms with Crippen LogP contribution in [0.2, 0.25) is 5.02 Å². The van der Waals surface area contributed by atoms with Crippen LogP contribution in [0.15, 0.2) is 45.8 Å². The average molecular weight is 337 g/mol. The van der Waals surface area contributed by atoms with Crippen molar-refractivity contribution in [3.05, 3.63) is 56.4 Å². The van der Waals surface area contributed by atoms with Crippen molar-refractivity contribution >= 4 is 38.4 Å². The Balaban J connectivity index is 2.24. The third kappa shape index (κ3) is 2.39. The lowest BCUT2D eigenvalue weighted by Crippen LogP contribution is -2.09. The number of nitrogens with zero attached hydrogens (tertiary/aromatic N) is 2. The highest BCUT2D eigenvalue weighted by Gasteiger charge is 2.07. The summed E-state index contributed by atoms with van der Waals surface area (Å²) in [6.07, 6.45) is 1.52. The molecule has 1 aromatic carbocycles. The van der Waals surface area contributed by atoms with Gasteiger partial charge in [-0.3, -0.25) is 9.78 Å². The average Bonchev–Trinajstić information content (AvgIpc) is 2.40. The molecule has 2 heterocycles. The van der Waals surface area contributed by atoms with Gasteiger partial charge in [-0.1, -0.05) is 27.5 Å². The van der Waals surface area contributed by atoms with E-state index in [1.807, 2.05) is 6.07 Å². The summed E-state index contributed by atoms with van der Waals surface area (Å²) >= 11 is 9.11. The molecule has 0 bridgehead atoms. The number of hydrogen-bond donors (Lipinski definition) is 1. The number of hydrogen-bond acceptors (Lipinski definition) is 3. The molecule has 3 aromatic rings. The molecule has 2 aromatic heterocycles. The van der Waals surface area contributed by atoms with Gasteiger partial charge in [0.15, 0.2) is 5.82 Å². The summed E-state index contributed by atoms with van der Waals surface area (Å²) in [7, 11) is 0. The molecular formula is C13H7BrClN3O. The SMILES string of the molecule is O=c1[nH]c(-c2ccc(Cl)cn2)nc2ccc(Br)cc12. The Morgan fingerprint density at radius 3 is 2.79 bits per heavy atom. The first-order chi connectivity index (χ1) is 9.13. The minimum Gasteiger partial charge on any atom is -0.305 e. The number of pyridine rings is 1. The standard InChI is InChI=1S/C13H7BrClN3O/c14-7-1-3-10-9(5-7)13(19)18-12(17-10)11-4-2-8(15)6-16-11/h1-6H,(H,17,18,19). The van der Waals surface area contributed by atoms with Crippen LogP contribution in [-0.2, 0) is 0 Å². The Hall–Kier alpha value is -1.72. The van der Waals surface area contributed by atoms with Crippen molar-refractivity contribution in [2.75, 3.05) is 0 Å². The van der Waals surface area contributed by atoms with E-state index in [4.69, 9.17) is 11.6 Å². The maximum atomic E-state index is 12.0. The van der Waals surface area contributed by atoms with Crippen molar-refractivity contribution in [3.63, 3.8) is 0 Å². The first-order valence-corrected chi connectivity index (χ1v) is 6.62. The van der Waals surface area contributed by atoms with E-state index < -0.39 is 0 Å². The smallest absolute Gasteiger partial charge is 0.259 e. The predicted molar refractivity (Wildman–Crippen MR) is 78.3 cm³/mol. The van der Waals surface area contributed by atoms with E-state index in [0.29, 0.717) is 27.4 Å². The zero-order chi connectivity index (χ0) is 13.4. The van der Waals surface area contributed by atoms with Crippen molar-refractivity contribution in [3.8, 4) is 11.5 Å². The van der Waals surface area contributed by atoms with Crippen LogP contribution in [0.5, 0.6) is 0 Å². The Morgan fingerprint density at radius 1 is 1.21 bits per heavy atom. The molecule has 1 N–H and O–H groups in total. The van der Waals surface area contributed by atoms with E-state index in [2.05, 4.69) is 30.9 Å². The molecule has 3 rings (SSSR count). The van der Waals surface area contributed by atoms with Gasteiger partial charge in [0.05, 0.1) is 15.9 Å². The van der Waals surface area contributed by atoms with Gasteiger partial charge in [0.25, 0.3) is 5.56 Å². The van der Waals surface area contributed by atoms with Gasteiger partial charge in [0, 0.05) is 10.7 Å². The molecule has 0 aliphatic heterocycles. The van der Waals surface area contributed by atoms with E-state index in [9.17, 15) is 4.79 Å². The minimum absolute atomic E-state index is 0.196. The van der Waals surface area contributed by atoms with E-state index in [-0.39, 0.29) is 5.56 Å². The van der Waals surface area contributed by atoms with Gasteiger partial charge in [0.1, 0.15) is 5.69 Å². The number of fused-ring (bicyclic) bond motifs is 1. The number of H-pyrrole nitrogens is 1.